The molecular formula is C27H30FN5O2S. The van der Waals surface area contributed by atoms with E-state index in [4.69, 9.17) is 0 Å². The third kappa shape index (κ3) is 3.85. The molecule has 0 N–H and O–H groups in total. The van der Waals surface area contributed by atoms with E-state index in [1.165, 1.54) is 17.7 Å². The van der Waals surface area contributed by atoms with Crippen LogP contribution in [0.15, 0.2) is 59.3 Å². The number of hydrogen-bond acceptors (Lipinski definition) is 5. The molecule has 3 aromatic rings. The molecule has 36 heavy (non-hydrogen) atoms. The quantitative estimate of drug-likeness (QED) is 0.511. The average molecular weight is 508 g/mol. The summed E-state index contributed by atoms with van der Waals surface area (Å²) in [4.78, 5) is 6.91. The van der Waals surface area contributed by atoms with Gasteiger partial charge in [0.05, 0.1) is 22.5 Å². The highest BCUT2D eigenvalue weighted by atomic mass is 32.2. The summed E-state index contributed by atoms with van der Waals surface area (Å²) >= 11 is 0. The maximum absolute atomic E-state index is 13.8. The number of hydrogen-bond donors (Lipinski definition) is 0. The lowest BCUT2D eigenvalue weighted by molar-refractivity contribution is 0.204. The van der Waals surface area contributed by atoms with Gasteiger partial charge in [0.15, 0.2) is 0 Å². The molecule has 0 saturated carbocycles. The minimum absolute atomic E-state index is 0.264. The predicted octanol–water partition coefficient (Wildman–Crippen LogP) is 4.44. The fourth-order valence-electron chi connectivity index (χ4n) is 5.92. The third-order valence-corrected chi connectivity index (χ3v) is 9.89. The Morgan fingerprint density at radius 3 is 2.61 bits per heavy atom. The van der Waals surface area contributed by atoms with Gasteiger partial charge in [-0.15, -0.1) is 0 Å². The molecule has 0 spiro atoms. The molecule has 9 heteroatoms. The number of sulfonamides is 1. The van der Waals surface area contributed by atoms with Gasteiger partial charge in [-0.1, -0.05) is 12.5 Å². The van der Waals surface area contributed by atoms with Crippen molar-refractivity contribution in [3.8, 4) is 5.69 Å². The van der Waals surface area contributed by atoms with Gasteiger partial charge >= 0.3 is 0 Å². The van der Waals surface area contributed by atoms with E-state index in [1.54, 1.807) is 34.8 Å². The van der Waals surface area contributed by atoms with Crippen molar-refractivity contribution >= 4 is 21.9 Å². The van der Waals surface area contributed by atoms with Crippen LogP contribution in [0.25, 0.3) is 11.8 Å². The molecule has 7 nitrogen and oxygen atoms in total. The van der Waals surface area contributed by atoms with E-state index in [2.05, 4.69) is 28.0 Å². The van der Waals surface area contributed by atoms with Crippen LogP contribution in [0.4, 0.5) is 10.2 Å². The number of piperidine rings is 1. The zero-order valence-electron chi connectivity index (χ0n) is 20.4. The van der Waals surface area contributed by atoms with Crippen molar-refractivity contribution in [3.63, 3.8) is 0 Å². The molecule has 2 fully saturated rings. The second-order valence-corrected chi connectivity index (χ2v) is 12.0. The molecule has 0 amide bonds. The van der Waals surface area contributed by atoms with Crippen LogP contribution in [0.3, 0.4) is 0 Å². The van der Waals surface area contributed by atoms with Gasteiger partial charge in [-0.05, 0) is 74.1 Å². The summed E-state index contributed by atoms with van der Waals surface area (Å²) in [5.74, 6) is 0.463. The molecule has 6 rings (SSSR count). The van der Waals surface area contributed by atoms with E-state index in [1.807, 2.05) is 10.9 Å². The monoisotopic (exact) mass is 507 g/mol. The SMILES string of the molecule is CC[C@]12Cc3cnn(-c4ccc(F)cc4)c3C=C1CCN(S(=O)(=O)c1ccnc(N3CCCC3)c1)C2. The van der Waals surface area contributed by atoms with E-state index in [-0.39, 0.29) is 11.2 Å². The van der Waals surface area contributed by atoms with Crippen LogP contribution in [0.2, 0.25) is 0 Å². The molecule has 2 aliphatic heterocycles. The average Bonchev–Trinajstić information content (AvgIpc) is 3.58. The molecule has 1 aliphatic carbocycles. The Labute approximate surface area is 211 Å². The van der Waals surface area contributed by atoms with Crippen LogP contribution in [0.5, 0.6) is 0 Å². The second-order valence-electron chi connectivity index (χ2n) is 10.1. The first-order valence-corrected chi connectivity index (χ1v) is 14.1. The largest absolute Gasteiger partial charge is 0.357 e. The zero-order valence-corrected chi connectivity index (χ0v) is 21.2. The van der Waals surface area contributed by atoms with Gasteiger partial charge in [-0.25, -0.2) is 22.5 Å². The maximum atomic E-state index is 13.8. The van der Waals surface area contributed by atoms with Crippen LogP contribution in [-0.4, -0.2) is 53.7 Å². The van der Waals surface area contributed by atoms with Crippen molar-refractivity contribution in [2.24, 2.45) is 5.41 Å². The predicted molar refractivity (Wildman–Crippen MR) is 137 cm³/mol. The van der Waals surface area contributed by atoms with Crippen molar-refractivity contribution in [2.75, 3.05) is 31.1 Å². The summed E-state index contributed by atoms with van der Waals surface area (Å²) in [6.45, 7) is 4.86. The number of anilines is 1. The minimum Gasteiger partial charge on any atom is -0.357 e. The highest BCUT2D eigenvalue weighted by Gasteiger charge is 2.45. The van der Waals surface area contributed by atoms with E-state index in [0.717, 1.165) is 61.5 Å². The van der Waals surface area contributed by atoms with Crippen molar-refractivity contribution in [1.82, 2.24) is 19.1 Å². The van der Waals surface area contributed by atoms with E-state index in [9.17, 15) is 12.8 Å². The van der Waals surface area contributed by atoms with Gasteiger partial charge in [0.1, 0.15) is 11.6 Å². The van der Waals surface area contributed by atoms with Crippen LogP contribution < -0.4 is 4.90 Å². The first-order chi connectivity index (χ1) is 17.4. The normalized spacial score (nSPS) is 22.3. The molecule has 0 radical (unpaired) electrons. The van der Waals surface area contributed by atoms with Gasteiger partial charge in [-0.3, -0.25) is 0 Å². The van der Waals surface area contributed by atoms with Gasteiger partial charge in [0.2, 0.25) is 10.0 Å². The van der Waals surface area contributed by atoms with E-state index >= 15 is 0 Å². The number of halogens is 1. The van der Waals surface area contributed by atoms with Crippen molar-refractivity contribution in [1.29, 1.82) is 0 Å². The molecule has 4 heterocycles. The molecule has 3 aliphatic rings. The summed E-state index contributed by atoms with van der Waals surface area (Å²) in [6, 6.07) is 9.67. The van der Waals surface area contributed by atoms with E-state index in [0.29, 0.717) is 24.4 Å². The molecule has 188 valence electrons. The summed E-state index contributed by atoms with van der Waals surface area (Å²) in [5, 5.41) is 4.59. The number of benzene rings is 1. The van der Waals surface area contributed by atoms with Gasteiger partial charge in [-0.2, -0.15) is 9.40 Å². The number of aromatic nitrogens is 3. The Hall–Kier alpha value is -3.04. The Bertz CT molecular complexity index is 1430. The third-order valence-electron chi connectivity index (χ3n) is 8.05. The molecular weight excluding hydrogens is 477 g/mol. The summed E-state index contributed by atoms with van der Waals surface area (Å²) < 4.78 is 44.5. The number of rotatable bonds is 5. The molecule has 2 aromatic heterocycles. The Balaban J connectivity index is 1.30. The smallest absolute Gasteiger partial charge is 0.243 e. The number of pyridine rings is 1. The lowest BCUT2D eigenvalue weighted by Crippen LogP contribution is -2.49. The number of nitrogens with zero attached hydrogens (tertiary/aromatic N) is 5. The lowest BCUT2D eigenvalue weighted by atomic mass is 9.67. The van der Waals surface area contributed by atoms with Gasteiger partial charge < -0.3 is 4.90 Å². The highest BCUT2D eigenvalue weighted by molar-refractivity contribution is 7.89. The summed E-state index contributed by atoms with van der Waals surface area (Å²) in [7, 11) is -3.65. The van der Waals surface area contributed by atoms with Crippen LogP contribution >= 0.6 is 0 Å². The molecule has 1 atom stereocenters. The topological polar surface area (TPSA) is 71.3 Å². The fourth-order valence-corrected chi connectivity index (χ4v) is 7.45. The fraction of sp³-hybridized carbons (Fsp3) is 0.407. The van der Waals surface area contributed by atoms with Gasteiger partial charge in [0, 0.05) is 43.9 Å². The second kappa shape index (κ2) is 8.81. The highest BCUT2D eigenvalue weighted by Crippen LogP contribution is 2.47. The van der Waals surface area contributed by atoms with Crippen molar-refractivity contribution in [3.05, 3.63) is 71.4 Å². The minimum atomic E-state index is -3.65. The van der Waals surface area contributed by atoms with E-state index < -0.39 is 10.0 Å². The van der Waals surface area contributed by atoms with Crippen molar-refractivity contribution < 1.29 is 12.8 Å². The molecule has 2 saturated heterocycles. The van der Waals surface area contributed by atoms with Crippen LogP contribution in [0.1, 0.15) is 43.9 Å². The molecule has 0 unspecified atom stereocenters. The first kappa shape index (κ1) is 23.4. The van der Waals surface area contributed by atoms with Crippen LogP contribution in [0, 0.1) is 11.2 Å². The Morgan fingerprint density at radius 2 is 1.86 bits per heavy atom. The summed E-state index contributed by atoms with van der Waals surface area (Å²) in [5.41, 5.74) is 3.90. The summed E-state index contributed by atoms with van der Waals surface area (Å²) in [6.07, 6.45) is 10.1. The van der Waals surface area contributed by atoms with Crippen molar-refractivity contribution in [2.45, 2.75) is 43.9 Å². The first-order valence-electron chi connectivity index (χ1n) is 12.6. The molecule has 1 aromatic carbocycles. The lowest BCUT2D eigenvalue weighted by Gasteiger charge is -2.45. The Kier molecular flexibility index (Phi) is 5.72. The number of fused-ring (bicyclic) bond motifs is 2. The molecule has 0 bridgehead atoms. The maximum Gasteiger partial charge on any atom is 0.243 e. The standard InChI is InChI=1S/C27H30FN5O2S/c1-2-27-17-20-18-30-33(23-7-5-22(28)6-8-23)25(20)15-21(27)10-14-32(19-27)36(34,35)24-9-11-29-26(16-24)31-12-3-4-13-31/h5-9,11,15-16,18H,2-4,10,12-14,17,19H2,1H3/t27-/m1/s1. The van der Waals surface area contributed by atoms with Crippen LogP contribution in [-0.2, 0) is 16.4 Å². The zero-order chi connectivity index (χ0) is 24.9. The Morgan fingerprint density at radius 1 is 1.08 bits per heavy atom. The van der Waals surface area contributed by atoms with Gasteiger partial charge in [0.25, 0.3) is 0 Å².